The minimum Gasteiger partial charge on any atom is -0.508 e. The molecule has 6 rings (SSSR count). The van der Waals surface area contributed by atoms with Crippen LogP contribution in [0, 0.1) is 0 Å². The van der Waals surface area contributed by atoms with Crippen molar-refractivity contribution < 1.29 is 28.8 Å². The molecule has 0 aliphatic carbocycles. The Hall–Kier alpha value is -4.72. The van der Waals surface area contributed by atoms with Crippen LogP contribution in [0.3, 0.4) is 0 Å². The number of phenols is 1. The molecular formula is C42H42O6. The Balaban J connectivity index is 1.33. The molecule has 0 radical (unpaired) electrons. The van der Waals surface area contributed by atoms with Gasteiger partial charge < -0.3 is 28.8 Å². The lowest BCUT2D eigenvalue weighted by atomic mass is 9.95. The summed E-state index contributed by atoms with van der Waals surface area (Å²) in [4.78, 5) is 0. The van der Waals surface area contributed by atoms with Crippen molar-refractivity contribution >= 4 is 0 Å². The molecule has 246 valence electrons. The molecule has 1 saturated heterocycles. The van der Waals surface area contributed by atoms with Crippen molar-refractivity contribution in [3.63, 3.8) is 0 Å². The Morgan fingerprint density at radius 2 is 0.979 bits per heavy atom. The van der Waals surface area contributed by atoms with Gasteiger partial charge in [0.1, 0.15) is 29.8 Å². The highest BCUT2D eigenvalue weighted by atomic mass is 16.6. The Kier molecular flexibility index (Phi) is 12.1. The number of hydrogen-bond acceptors (Lipinski definition) is 6. The van der Waals surface area contributed by atoms with Crippen LogP contribution < -0.4 is 0 Å². The van der Waals surface area contributed by atoms with Gasteiger partial charge in [-0.2, -0.15) is 0 Å². The molecule has 5 aromatic rings. The zero-order chi connectivity index (χ0) is 32.8. The Morgan fingerprint density at radius 1 is 0.521 bits per heavy atom. The number of allylic oxidation sites excluding steroid dienone is 1. The van der Waals surface area contributed by atoms with Gasteiger partial charge in [-0.05, 0) is 46.4 Å². The van der Waals surface area contributed by atoms with E-state index in [1.54, 1.807) is 6.07 Å². The summed E-state index contributed by atoms with van der Waals surface area (Å²) >= 11 is 0. The fraction of sp³-hybridized carbons (Fsp3) is 0.238. The summed E-state index contributed by atoms with van der Waals surface area (Å²) < 4.78 is 33.3. The van der Waals surface area contributed by atoms with Crippen LogP contribution in [0.5, 0.6) is 5.75 Å². The number of benzene rings is 5. The lowest BCUT2D eigenvalue weighted by molar-refractivity contribution is -0.223. The van der Waals surface area contributed by atoms with E-state index in [0.29, 0.717) is 38.6 Å². The maximum Gasteiger partial charge on any atom is 0.150 e. The summed E-state index contributed by atoms with van der Waals surface area (Å²) in [5, 5.41) is 10.6. The van der Waals surface area contributed by atoms with Crippen LogP contribution in [-0.2, 0) is 56.5 Å². The lowest BCUT2D eigenvalue weighted by Gasteiger charge is -2.43. The van der Waals surface area contributed by atoms with E-state index in [9.17, 15) is 5.11 Å². The highest BCUT2D eigenvalue weighted by molar-refractivity contribution is 5.34. The Bertz CT molecular complexity index is 1680. The van der Waals surface area contributed by atoms with Crippen molar-refractivity contribution in [1.82, 2.24) is 0 Å². The highest BCUT2D eigenvalue weighted by Gasteiger charge is 2.46. The first kappa shape index (κ1) is 33.2. The van der Waals surface area contributed by atoms with Gasteiger partial charge in [0.05, 0.1) is 33.0 Å². The van der Waals surface area contributed by atoms with Crippen LogP contribution in [0.4, 0.5) is 0 Å². The van der Waals surface area contributed by atoms with E-state index < -0.39 is 24.4 Å². The topological polar surface area (TPSA) is 66.4 Å². The molecule has 48 heavy (non-hydrogen) atoms. The summed E-state index contributed by atoms with van der Waals surface area (Å²) in [6.07, 6.45) is 0.295. The predicted octanol–water partition coefficient (Wildman–Crippen LogP) is 8.19. The van der Waals surface area contributed by atoms with Crippen molar-refractivity contribution in [1.29, 1.82) is 0 Å². The SMILES string of the molecule is Oc1ccccc1C/C=C1\O[C@H](COCc2ccccc2)[C@@H](OCc2ccccc2)[C@H](OCc2ccccc2)[C@H]1OCc1ccccc1. The van der Waals surface area contributed by atoms with Crippen LogP contribution in [0.2, 0.25) is 0 Å². The quantitative estimate of drug-likeness (QED) is 0.124. The first-order valence-corrected chi connectivity index (χ1v) is 16.4. The zero-order valence-electron chi connectivity index (χ0n) is 27.0. The third kappa shape index (κ3) is 9.43. The van der Waals surface area contributed by atoms with Crippen LogP contribution in [0.25, 0.3) is 0 Å². The highest BCUT2D eigenvalue weighted by Crippen LogP contribution is 2.34. The van der Waals surface area contributed by atoms with E-state index in [0.717, 1.165) is 27.8 Å². The summed E-state index contributed by atoms with van der Waals surface area (Å²) in [7, 11) is 0. The molecule has 4 atom stereocenters. The second-order valence-electron chi connectivity index (χ2n) is 11.8. The number of aromatic hydroxyl groups is 1. The molecule has 0 spiro atoms. The fourth-order valence-corrected chi connectivity index (χ4v) is 5.76. The van der Waals surface area contributed by atoms with E-state index in [2.05, 4.69) is 0 Å². The van der Waals surface area contributed by atoms with Crippen LogP contribution >= 0.6 is 0 Å². The van der Waals surface area contributed by atoms with E-state index in [1.165, 1.54) is 0 Å². The first-order chi connectivity index (χ1) is 23.7. The van der Waals surface area contributed by atoms with E-state index in [1.807, 2.05) is 146 Å². The number of phenolic OH excluding ortho intramolecular Hbond substituents is 1. The molecule has 5 aromatic carbocycles. The minimum atomic E-state index is -0.592. The van der Waals surface area contributed by atoms with Crippen LogP contribution in [0.1, 0.15) is 27.8 Å². The Labute approximate surface area is 283 Å². The molecule has 6 heteroatoms. The van der Waals surface area contributed by atoms with E-state index in [4.69, 9.17) is 23.7 Å². The number of ether oxygens (including phenoxy) is 5. The summed E-state index contributed by atoms with van der Waals surface area (Å²) in [5.74, 6) is 0.857. The number of rotatable bonds is 15. The molecule has 0 bridgehead atoms. The van der Waals surface area contributed by atoms with Gasteiger partial charge in [0, 0.05) is 0 Å². The van der Waals surface area contributed by atoms with Gasteiger partial charge in [-0.15, -0.1) is 0 Å². The van der Waals surface area contributed by atoms with Crippen molar-refractivity contribution in [3.8, 4) is 5.75 Å². The molecule has 0 aromatic heterocycles. The largest absolute Gasteiger partial charge is 0.508 e. The minimum absolute atomic E-state index is 0.232. The molecule has 0 saturated carbocycles. The third-order valence-electron chi connectivity index (χ3n) is 8.31. The fourth-order valence-electron chi connectivity index (χ4n) is 5.76. The van der Waals surface area contributed by atoms with Crippen molar-refractivity contribution in [3.05, 3.63) is 185 Å². The molecule has 1 fully saturated rings. The van der Waals surface area contributed by atoms with Crippen molar-refractivity contribution in [2.75, 3.05) is 6.61 Å². The van der Waals surface area contributed by atoms with Gasteiger partial charge in [0.2, 0.25) is 0 Å². The number of para-hydroxylation sites is 1. The molecule has 1 heterocycles. The van der Waals surface area contributed by atoms with Gasteiger partial charge in [-0.25, -0.2) is 0 Å². The van der Waals surface area contributed by atoms with Gasteiger partial charge in [0.15, 0.2) is 6.10 Å². The molecule has 6 nitrogen and oxygen atoms in total. The maximum atomic E-state index is 10.6. The average molecular weight is 643 g/mol. The summed E-state index contributed by atoms with van der Waals surface area (Å²) in [6.45, 7) is 1.81. The second kappa shape index (κ2) is 17.4. The monoisotopic (exact) mass is 642 g/mol. The van der Waals surface area contributed by atoms with Gasteiger partial charge in [-0.3, -0.25) is 0 Å². The number of hydrogen-bond donors (Lipinski definition) is 1. The zero-order valence-corrected chi connectivity index (χ0v) is 27.0. The summed E-state index contributed by atoms with van der Waals surface area (Å²) in [6, 6.07) is 47.7. The lowest BCUT2D eigenvalue weighted by Crippen LogP contribution is -2.56. The standard InChI is InChI=1S/C42H42O6/c43-37-24-14-13-23-36(37)25-26-38-40(45-28-33-17-7-2-8-18-33)42(47-30-35-21-11-4-12-22-35)41(46-29-34-19-9-3-10-20-34)39(48-38)31-44-27-32-15-5-1-6-16-32/h1-24,26,39-43H,25,27-31H2/b38-26-/t39-,40+,41-,42-/m1/s1. The van der Waals surface area contributed by atoms with Crippen molar-refractivity contribution in [2.45, 2.75) is 57.3 Å². The first-order valence-electron chi connectivity index (χ1n) is 16.4. The second-order valence-corrected chi connectivity index (χ2v) is 11.8. The van der Waals surface area contributed by atoms with Crippen LogP contribution in [0.15, 0.2) is 157 Å². The molecule has 0 amide bonds. The molecule has 1 aliphatic heterocycles. The van der Waals surface area contributed by atoms with E-state index >= 15 is 0 Å². The van der Waals surface area contributed by atoms with Crippen molar-refractivity contribution in [2.24, 2.45) is 0 Å². The van der Waals surface area contributed by atoms with Gasteiger partial charge in [0.25, 0.3) is 0 Å². The maximum absolute atomic E-state index is 10.6. The average Bonchev–Trinajstić information content (AvgIpc) is 3.14. The van der Waals surface area contributed by atoms with Gasteiger partial charge >= 0.3 is 0 Å². The molecule has 1 N–H and O–H groups in total. The molecule has 1 aliphatic rings. The van der Waals surface area contributed by atoms with Gasteiger partial charge in [-0.1, -0.05) is 140 Å². The smallest absolute Gasteiger partial charge is 0.150 e. The predicted molar refractivity (Wildman–Crippen MR) is 186 cm³/mol. The molecular weight excluding hydrogens is 600 g/mol. The normalized spacial score (nSPS) is 20.0. The third-order valence-corrected chi connectivity index (χ3v) is 8.31. The summed E-state index contributed by atoms with van der Waals surface area (Å²) in [5.41, 5.74) is 4.99. The molecule has 0 unspecified atom stereocenters. The van der Waals surface area contributed by atoms with E-state index in [-0.39, 0.29) is 12.4 Å². The Morgan fingerprint density at radius 3 is 1.52 bits per heavy atom. The van der Waals surface area contributed by atoms with Crippen LogP contribution in [-0.4, -0.2) is 36.1 Å².